The molecule has 4 heteroatoms. The van der Waals surface area contributed by atoms with Crippen LogP contribution in [-0.4, -0.2) is 48.1 Å². The average molecular weight is 639 g/mol. The molecule has 2 atom stereocenters. The Hall–Kier alpha value is -3.38. The molecule has 2 aliphatic carbocycles. The van der Waals surface area contributed by atoms with E-state index in [9.17, 15) is 0 Å². The molecule has 0 spiro atoms. The Morgan fingerprint density at radius 3 is 1.00 bits per heavy atom. The lowest BCUT2D eigenvalue weighted by molar-refractivity contribution is 0.0965. The second-order valence-corrected chi connectivity index (χ2v) is 16.8. The van der Waals surface area contributed by atoms with Gasteiger partial charge in [-0.1, -0.05) is 146 Å². The summed E-state index contributed by atoms with van der Waals surface area (Å²) >= 11 is 0. The maximum absolute atomic E-state index is 2.75. The van der Waals surface area contributed by atoms with Crippen LogP contribution in [0.4, 0.5) is 0 Å². The zero-order chi connectivity index (χ0) is 31.3. The predicted molar refractivity (Wildman–Crippen MR) is 202 cm³/mol. The van der Waals surface area contributed by atoms with Crippen LogP contribution in [0, 0.1) is 0 Å². The number of piperazine rings is 1. The van der Waals surface area contributed by atoms with Crippen LogP contribution in [0.15, 0.2) is 167 Å². The Bertz CT molecular complexity index is 1510. The highest BCUT2D eigenvalue weighted by Crippen LogP contribution is 2.50. The van der Waals surface area contributed by atoms with Gasteiger partial charge in [0.2, 0.25) is 0 Å². The summed E-state index contributed by atoms with van der Waals surface area (Å²) in [6.45, 7) is 9.36. The van der Waals surface area contributed by atoms with E-state index < -0.39 is 15.8 Å². The summed E-state index contributed by atoms with van der Waals surface area (Å²) in [6, 6.07) is 45.5. The highest BCUT2D eigenvalue weighted by atomic mass is 31.1. The molecule has 0 amide bonds. The van der Waals surface area contributed by atoms with E-state index in [0.717, 1.165) is 39.0 Å². The molecule has 4 aromatic carbocycles. The maximum atomic E-state index is 2.75. The fourth-order valence-corrected chi connectivity index (χ4v) is 12.6. The van der Waals surface area contributed by atoms with Crippen LogP contribution in [0.3, 0.4) is 0 Å². The van der Waals surface area contributed by atoms with Gasteiger partial charge >= 0.3 is 0 Å². The summed E-state index contributed by atoms with van der Waals surface area (Å²) in [5.41, 5.74) is 3.23. The average Bonchev–Trinajstić information content (AvgIpc) is 3.81. The minimum Gasteiger partial charge on any atom is -0.294 e. The van der Waals surface area contributed by atoms with Crippen molar-refractivity contribution in [2.75, 3.05) is 26.2 Å². The highest BCUT2D eigenvalue weighted by molar-refractivity contribution is 7.77. The molecule has 0 saturated carbocycles. The Balaban J connectivity index is 1.10. The van der Waals surface area contributed by atoms with Crippen molar-refractivity contribution >= 4 is 37.1 Å². The van der Waals surface area contributed by atoms with Crippen LogP contribution in [0.1, 0.15) is 26.7 Å². The van der Waals surface area contributed by atoms with Gasteiger partial charge in [-0.05, 0) is 85.5 Å². The Kier molecular flexibility index (Phi) is 9.90. The first-order valence-corrected chi connectivity index (χ1v) is 19.4. The van der Waals surface area contributed by atoms with Crippen molar-refractivity contribution in [3.05, 3.63) is 167 Å². The lowest BCUT2D eigenvalue weighted by atomic mass is 10.0. The van der Waals surface area contributed by atoms with Gasteiger partial charge < -0.3 is 0 Å². The van der Waals surface area contributed by atoms with Crippen molar-refractivity contribution in [2.24, 2.45) is 0 Å². The Labute approximate surface area is 278 Å². The number of rotatable bonds is 10. The van der Waals surface area contributed by atoms with Crippen molar-refractivity contribution in [2.45, 2.75) is 38.8 Å². The fraction of sp³-hybridized carbons (Fsp3) is 0.238. The molecule has 1 saturated heterocycles. The summed E-state index contributed by atoms with van der Waals surface area (Å²) in [6.07, 6.45) is 11.8. The molecule has 4 aromatic rings. The van der Waals surface area contributed by atoms with Gasteiger partial charge in [0.25, 0.3) is 0 Å². The zero-order valence-corrected chi connectivity index (χ0v) is 28.8. The van der Waals surface area contributed by atoms with E-state index in [1.165, 1.54) is 21.2 Å². The number of hydrogen-bond acceptors (Lipinski definition) is 2. The van der Waals surface area contributed by atoms with Crippen molar-refractivity contribution in [3.63, 3.8) is 0 Å². The molecule has 232 valence electrons. The molecule has 1 aliphatic heterocycles. The van der Waals surface area contributed by atoms with Crippen molar-refractivity contribution in [1.29, 1.82) is 0 Å². The van der Waals surface area contributed by atoms with E-state index in [2.05, 4.69) is 169 Å². The lowest BCUT2D eigenvalue weighted by Crippen LogP contribution is -2.52. The summed E-state index contributed by atoms with van der Waals surface area (Å²) in [4.78, 5) is 5.50. The van der Waals surface area contributed by atoms with E-state index >= 15 is 0 Å². The van der Waals surface area contributed by atoms with Gasteiger partial charge in [0.1, 0.15) is 0 Å². The first-order chi connectivity index (χ1) is 22.7. The van der Waals surface area contributed by atoms with Crippen LogP contribution < -0.4 is 21.2 Å². The van der Waals surface area contributed by atoms with Gasteiger partial charge in [-0.3, -0.25) is 9.80 Å². The van der Waals surface area contributed by atoms with Gasteiger partial charge in [0.05, 0.1) is 0 Å². The van der Waals surface area contributed by atoms with Crippen molar-refractivity contribution in [1.82, 2.24) is 9.80 Å². The monoisotopic (exact) mass is 638 g/mol. The maximum Gasteiger partial charge on any atom is 0.0292 e. The first kappa shape index (κ1) is 31.2. The molecule has 1 heterocycles. The normalized spacial score (nSPS) is 18.7. The van der Waals surface area contributed by atoms with E-state index in [0.29, 0.717) is 12.1 Å². The van der Waals surface area contributed by atoms with Crippen LogP contribution in [0.5, 0.6) is 0 Å². The molecule has 1 fully saturated rings. The summed E-state index contributed by atoms with van der Waals surface area (Å²) in [5.74, 6) is 0. The summed E-state index contributed by atoms with van der Waals surface area (Å²) in [7, 11) is -1.15. The molecular formula is C42H44N2P2. The number of allylic oxidation sites excluding steroid dienone is 6. The molecule has 0 bridgehead atoms. The van der Waals surface area contributed by atoms with Crippen molar-refractivity contribution in [3.8, 4) is 0 Å². The largest absolute Gasteiger partial charge is 0.294 e. The molecular weight excluding hydrogens is 594 g/mol. The minimum absolute atomic E-state index is 0.437. The van der Waals surface area contributed by atoms with Crippen LogP contribution in [-0.2, 0) is 0 Å². The van der Waals surface area contributed by atoms with Crippen LogP contribution in [0.25, 0.3) is 0 Å². The predicted octanol–water partition coefficient (Wildman–Crippen LogP) is 8.07. The Morgan fingerprint density at radius 1 is 0.435 bits per heavy atom. The third kappa shape index (κ3) is 6.56. The number of benzene rings is 4. The first-order valence-electron chi connectivity index (χ1n) is 16.8. The third-order valence-corrected chi connectivity index (χ3v) is 15.0. The Morgan fingerprint density at radius 2 is 0.717 bits per heavy atom. The van der Waals surface area contributed by atoms with Crippen LogP contribution in [0.2, 0.25) is 0 Å². The fourth-order valence-electron chi connectivity index (χ4n) is 7.34. The van der Waals surface area contributed by atoms with Crippen molar-refractivity contribution < 1.29 is 0 Å². The molecule has 0 unspecified atom stereocenters. The molecule has 2 nitrogen and oxygen atoms in total. The third-order valence-electron chi connectivity index (χ3n) is 9.88. The molecule has 3 aliphatic rings. The van der Waals surface area contributed by atoms with Gasteiger partial charge in [-0.25, -0.2) is 0 Å². The van der Waals surface area contributed by atoms with Gasteiger partial charge in [0.15, 0.2) is 0 Å². The number of hydrogen-bond donors (Lipinski definition) is 0. The molecule has 0 N–H and O–H groups in total. The molecule has 7 rings (SSSR count). The molecule has 46 heavy (non-hydrogen) atoms. The van der Waals surface area contributed by atoms with Gasteiger partial charge in [-0.2, -0.15) is 0 Å². The van der Waals surface area contributed by atoms with E-state index in [4.69, 9.17) is 0 Å². The molecule has 0 radical (unpaired) electrons. The SMILES string of the molecule is C[C@@H](C1=C(P(c2ccccc2)c2ccccc2)C=CC1)N1CCN([C@@H](C)C2=C(P(c3ccccc3)c3ccccc3)C=CC2)CC1. The second kappa shape index (κ2) is 14.6. The van der Waals surface area contributed by atoms with E-state index in [1.807, 2.05) is 0 Å². The minimum atomic E-state index is -0.576. The second-order valence-electron chi connectivity index (χ2n) is 12.5. The van der Waals surface area contributed by atoms with Gasteiger partial charge in [-0.15, -0.1) is 0 Å². The molecule has 0 aromatic heterocycles. The zero-order valence-electron chi connectivity index (χ0n) is 27.0. The summed E-state index contributed by atoms with van der Waals surface area (Å²) < 4.78 is 0. The summed E-state index contributed by atoms with van der Waals surface area (Å²) in [5, 5.41) is 8.86. The lowest BCUT2D eigenvalue weighted by Gasteiger charge is -2.42. The standard InChI is InChI=1S/C42H44N2P2/c1-33(39-25-15-27-41(39)45(35-17-7-3-8-18-35)36-19-9-4-10-20-36)43-29-31-44(32-30-43)34(2)40-26-16-28-42(40)46(37-21-11-5-12-22-37)38-23-13-6-14-24-38/h3-24,27-28,33-34H,25-26,29-32H2,1-2H3/t33-,34-/m0/s1. The smallest absolute Gasteiger partial charge is 0.0292 e. The quantitative estimate of drug-likeness (QED) is 0.162. The topological polar surface area (TPSA) is 6.48 Å². The van der Waals surface area contributed by atoms with Crippen LogP contribution >= 0.6 is 15.8 Å². The van der Waals surface area contributed by atoms with Gasteiger partial charge in [0, 0.05) is 38.3 Å². The van der Waals surface area contributed by atoms with E-state index in [-0.39, 0.29) is 0 Å². The number of nitrogens with zero attached hydrogens (tertiary/aromatic N) is 2. The highest BCUT2D eigenvalue weighted by Gasteiger charge is 2.33. The van der Waals surface area contributed by atoms with E-state index in [1.54, 1.807) is 21.8 Å².